The third-order valence-corrected chi connectivity index (χ3v) is 2.70. The largest absolute Gasteiger partial charge is 0.478 e. The van der Waals surface area contributed by atoms with Gasteiger partial charge in [-0.2, -0.15) is 0 Å². The smallest absolute Gasteiger partial charge is 0.336 e. The number of fused-ring (bicyclic) bond motifs is 1. The highest BCUT2D eigenvalue weighted by Crippen LogP contribution is 2.35. The van der Waals surface area contributed by atoms with E-state index in [4.69, 9.17) is 16.6 Å². The first-order valence-electron chi connectivity index (χ1n) is 4.51. The summed E-state index contributed by atoms with van der Waals surface area (Å²) in [5.74, 6) is -0.932. The summed E-state index contributed by atoms with van der Waals surface area (Å²) in [6, 6.07) is 2.99. The van der Waals surface area contributed by atoms with Crippen LogP contribution in [0.5, 0.6) is 0 Å². The molecule has 0 spiro atoms. The van der Waals surface area contributed by atoms with Crippen molar-refractivity contribution >= 4 is 11.7 Å². The van der Waals surface area contributed by atoms with Crippen LogP contribution >= 0.6 is 0 Å². The van der Waals surface area contributed by atoms with E-state index >= 15 is 0 Å². The van der Waals surface area contributed by atoms with Gasteiger partial charge in [-0.1, -0.05) is 0 Å². The second-order valence-corrected chi connectivity index (χ2v) is 3.54. The van der Waals surface area contributed by atoms with E-state index < -0.39 is 5.97 Å². The molecule has 0 aromatic heterocycles. The monoisotopic (exact) mass is 192 g/mol. The van der Waals surface area contributed by atoms with Crippen LogP contribution in [-0.2, 0) is 6.42 Å². The van der Waals surface area contributed by atoms with Crippen LogP contribution in [0.3, 0.4) is 0 Å². The quantitative estimate of drug-likeness (QED) is 0.577. The fourth-order valence-corrected chi connectivity index (χ4v) is 2.01. The summed E-state index contributed by atoms with van der Waals surface area (Å²) in [5, 5.41) is 8.96. The number of nitrogens with two attached hydrogens (primary N) is 2. The Hall–Kier alpha value is -1.55. The number of hydrogen-bond donors (Lipinski definition) is 3. The zero-order chi connectivity index (χ0) is 10.3. The molecule has 4 heteroatoms. The van der Waals surface area contributed by atoms with Crippen LogP contribution in [-0.4, -0.2) is 11.1 Å². The van der Waals surface area contributed by atoms with Crippen LogP contribution in [0.1, 0.15) is 33.9 Å². The van der Waals surface area contributed by atoms with E-state index in [0.717, 1.165) is 24.0 Å². The molecule has 5 N–H and O–H groups in total. The minimum Gasteiger partial charge on any atom is -0.478 e. The van der Waals surface area contributed by atoms with E-state index in [2.05, 4.69) is 0 Å². The minimum absolute atomic E-state index is 0.181. The lowest BCUT2D eigenvalue weighted by Gasteiger charge is -2.10. The molecular formula is C10H12N2O2. The predicted octanol–water partition coefficient (Wildman–Crippen LogP) is 0.913. The van der Waals surface area contributed by atoms with Gasteiger partial charge >= 0.3 is 5.97 Å². The lowest BCUT2D eigenvalue weighted by molar-refractivity contribution is 0.0695. The molecule has 0 bridgehead atoms. The Morgan fingerprint density at radius 3 is 2.86 bits per heavy atom. The number of carbonyl (C=O) groups is 1. The Morgan fingerprint density at radius 2 is 2.21 bits per heavy atom. The normalized spacial score (nSPS) is 19.4. The number of benzene rings is 1. The van der Waals surface area contributed by atoms with Gasteiger partial charge in [0, 0.05) is 11.7 Å². The van der Waals surface area contributed by atoms with Crippen LogP contribution < -0.4 is 11.5 Å². The van der Waals surface area contributed by atoms with Crippen LogP contribution in [0.15, 0.2) is 12.1 Å². The summed E-state index contributed by atoms with van der Waals surface area (Å²) >= 11 is 0. The maximum atomic E-state index is 10.9. The van der Waals surface area contributed by atoms with E-state index in [1.807, 2.05) is 0 Å². The van der Waals surface area contributed by atoms with Gasteiger partial charge in [0.15, 0.2) is 0 Å². The Morgan fingerprint density at radius 1 is 1.50 bits per heavy atom. The average molecular weight is 192 g/mol. The molecule has 4 nitrogen and oxygen atoms in total. The van der Waals surface area contributed by atoms with Crippen molar-refractivity contribution in [3.05, 3.63) is 28.8 Å². The van der Waals surface area contributed by atoms with Crippen molar-refractivity contribution < 1.29 is 9.90 Å². The van der Waals surface area contributed by atoms with Crippen molar-refractivity contribution in [1.82, 2.24) is 0 Å². The number of carboxylic acid groups (broad SMARTS) is 1. The fourth-order valence-electron chi connectivity index (χ4n) is 2.01. The molecule has 1 aliphatic carbocycles. The SMILES string of the molecule is Nc1ccc(C(=O)O)c2c1CC[C@@H]2N. The fraction of sp³-hybridized carbons (Fsp3) is 0.300. The first-order chi connectivity index (χ1) is 6.61. The molecule has 14 heavy (non-hydrogen) atoms. The van der Waals surface area contributed by atoms with Crippen molar-refractivity contribution in [1.29, 1.82) is 0 Å². The van der Waals surface area contributed by atoms with Gasteiger partial charge in [-0.3, -0.25) is 0 Å². The zero-order valence-electron chi connectivity index (χ0n) is 7.66. The molecule has 0 saturated carbocycles. The molecule has 0 unspecified atom stereocenters. The molecule has 74 valence electrons. The Labute approximate surface area is 81.5 Å². The molecule has 0 saturated heterocycles. The molecule has 1 aromatic carbocycles. The van der Waals surface area contributed by atoms with E-state index in [-0.39, 0.29) is 6.04 Å². The standard InChI is InChI=1S/C10H12N2O2/c11-7-3-2-6(10(13)14)9-5(7)1-4-8(9)12/h2-3,8H,1,4,11-12H2,(H,13,14)/t8-/m0/s1. The van der Waals surface area contributed by atoms with Gasteiger partial charge in [-0.25, -0.2) is 4.79 Å². The van der Waals surface area contributed by atoms with E-state index in [0.29, 0.717) is 11.3 Å². The Kier molecular flexibility index (Phi) is 1.93. The van der Waals surface area contributed by atoms with Gasteiger partial charge in [-0.05, 0) is 36.1 Å². The number of anilines is 1. The maximum absolute atomic E-state index is 10.9. The second-order valence-electron chi connectivity index (χ2n) is 3.54. The highest BCUT2D eigenvalue weighted by Gasteiger charge is 2.26. The molecule has 0 radical (unpaired) electrons. The van der Waals surface area contributed by atoms with Crippen LogP contribution in [0, 0.1) is 0 Å². The maximum Gasteiger partial charge on any atom is 0.336 e. The minimum atomic E-state index is -0.932. The van der Waals surface area contributed by atoms with Crippen molar-refractivity contribution in [3.63, 3.8) is 0 Å². The molecule has 1 aromatic rings. The third-order valence-electron chi connectivity index (χ3n) is 2.70. The predicted molar refractivity (Wildman–Crippen MR) is 53.1 cm³/mol. The first-order valence-corrected chi connectivity index (χ1v) is 4.51. The summed E-state index contributed by atoms with van der Waals surface area (Å²) < 4.78 is 0. The highest BCUT2D eigenvalue weighted by atomic mass is 16.4. The topological polar surface area (TPSA) is 89.3 Å². The van der Waals surface area contributed by atoms with Gasteiger partial charge in [0.2, 0.25) is 0 Å². The third kappa shape index (κ3) is 1.15. The van der Waals surface area contributed by atoms with Crippen LogP contribution in [0.2, 0.25) is 0 Å². The summed E-state index contributed by atoms with van der Waals surface area (Å²) in [5.41, 5.74) is 14.2. The lowest BCUT2D eigenvalue weighted by Crippen LogP contribution is -2.12. The number of rotatable bonds is 1. The van der Waals surface area contributed by atoms with E-state index in [1.54, 1.807) is 6.07 Å². The van der Waals surface area contributed by atoms with Gasteiger partial charge in [0.05, 0.1) is 5.56 Å². The van der Waals surface area contributed by atoms with Crippen LogP contribution in [0.25, 0.3) is 0 Å². The highest BCUT2D eigenvalue weighted by molar-refractivity contribution is 5.91. The summed E-state index contributed by atoms with van der Waals surface area (Å²) in [6.45, 7) is 0. The number of aromatic carboxylic acids is 1. The number of nitrogen functional groups attached to an aromatic ring is 1. The van der Waals surface area contributed by atoms with Gasteiger partial charge in [0.1, 0.15) is 0 Å². The zero-order valence-corrected chi connectivity index (χ0v) is 7.66. The van der Waals surface area contributed by atoms with Gasteiger partial charge in [0.25, 0.3) is 0 Å². The van der Waals surface area contributed by atoms with Gasteiger partial charge in [-0.15, -0.1) is 0 Å². The first kappa shape index (κ1) is 9.02. The van der Waals surface area contributed by atoms with Crippen molar-refractivity contribution in [2.24, 2.45) is 5.73 Å². The Balaban J connectivity index is 2.66. The summed E-state index contributed by atoms with van der Waals surface area (Å²) in [4.78, 5) is 10.9. The molecule has 0 amide bonds. The molecular weight excluding hydrogens is 180 g/mol. The number of carboxylic acids is 1. The molecule has 0 aliphatic heterocycles. The van der Waals surface area contributed by atoms with Crippen LogP contribution in [0.4, 0.5) is 5.69 Å². The molecule has 1 aliphatic rings. The summed E-state index contributed by atoms with van der Waals surface area (Å²) in [6.07, 6.45) is 1.56. The molecule has 0 heterocycles. The molecule has 1 atom stereocenters. The lowest BCUT2D eigenvalue weighted by atomic mass is 10.00. The van der Waals surface area contributed by atoms with Gasteiger partial charge < -0.3 is 16.6 Å². The Bertz CT molecular complexity index is 401. The van der Waals surface area contributed by atoms with E-state index in [1.165, 1.54) is 6.07 Å². The van der Waals surface area contributed by atoms with Crippen molar-refractivity contribution in [2.75, 3.05) is 5.73 Å². The molecule has 2 rings (SSSR count). The van der Waals surface area contributed by atoms with E-state index in [9.17, 15) is 4.79 Å². The second kappa shape index (κ2) is 2.99. The van der Waals surface area contributed by atoms with Crippen molar-refractivity contribution in [3.8, 4) is 0 Å². The average Bonchev–Trinajstić information content (AvgIpc) is 2.50. The summed E-state index contributed by atoms with van der Waals surface area (Å²) in [7, 11) is 0. The number of hydrogen-bond acceptors (Lipinski definition) is 3. The van der Waals surface area contributed by atoms with Crippen molar-refractivity contribution in [2.45, 2.75) is 18.9 Å². The molecule has 0 fully saturated rings.